The van der Waals surface area contributed by atoms with Gasteiger partial charge in [0.1, 0.15) is 16.9 Å². The SMILES string of the molecule is O=C(Cc1csc(-c2cccnc2)n1)N1CCC(Oc2ccc(F)cc2F)CC1. The molecule has 0 unspecified atom stereocenters. The summed E-state index contributed by atoms with van der Waals surface area (Å²) in [7, 11) is 0. The summed E-state index contributed by atoms with van der Waals surface area (Å²) in [5.41, 5.74) is 1.67. The highest BCUT2D eigenvalue weighted by molar-refractivity contribution is 7.13. The van der Waals surface area contributed by atoms with Gasteiger partial charge in [-0.3, -0.25) is 9.78 Å². The molecule has 1 amide bonds. The molecule has 1 aromatic carbocycles. The molecule has 3 heterocycles. The topological polar surface area (TPSA) is 55.3 Å². The molecule has 3 aromatic rings. The number of thiazole rings is 1. The zero-order valence-electron chi connectivity index (χ0n) is 15.6. The molecule has 1 aliphatic rings. The number of hydrogen-bond donors (Lipinski definition) is 0. The quantitative estimate of drug-likeness (QED) is 0.630. The van der Waals surface area contributed by atoms with E-state index in [1.807, 2.05) is 17.5 Å². The first-order valence-electron chi connectivity index (χ1n) is 9.33. The Labute approximate surface area is 171 Å². The van der Waals surface area contributed by atoms with E-state index in [-0.39, 0.29) is 24.2 Å². The third-order valence-electron chi connectivity index (χ3n) is 4.77. The minimum absolute atomic E-state index is 0.0134. The molecule has 0 radical (unpaired) electrons. The fourth-order valence-corrected chi connectivity index (χ4v) is 4.06. The maximum Gasteiger partial charge on any atom is 0.228 e. The highest BCUT2D eigenvalue weighted by Crippen LogP contribution is 2.25. The number of carbonyl (C=O) groups is 1. The summed E-state index contributed by atoms with van der Waals surface area (Å²) in [5, 5.41) is 2.74. The van der Waals surface area contributed by atoms with Crippen LogP contribution in [-0.4, -0.2) is 40.0 Å². The number of likely N-dealkylation sites (tertiary alicyclic amines) is 1. The third kappa shape index (κ3) is 4.76. The molecule has 150 valence electrons. The second-order valence-electron chi connectivity index (χ2n) is 6.84. The minimum atomic E-state index is -0.712. The Balaban J connectivity index is 1.30. The Bertz CT molecular complexity index is 989. The number of hydrogen-bond acceptors (Lipinski definition) is 5. The van der Waals surface area contributed by atoms with Crippen molar-refractivity contribution in [3.63, 3.8) is 0 Å². The van der Waals surface area contributed by atoms with Crippen LogP contribution in [0, 0.1) is 11.6 Å². The number of ether oxygens (including phenoxy) is 1. The summed E-state index contributed by atoms with van der Waals surface area (Å²) in [5.74, 6) is -1.29. The highest BCUT2D eigenvalue weighted by atomic mass is 32.1. The number of amides is 1. The van der Waals surface area contributed by atoms with E-state index in [1.165, 1.54) is 23.5 Å². The summed E-state index contributed by atoms with van der Waals surface area (Å²) in [4.78, 5) is 23.0. The maximum absolute atomic E-state index is 13.7. The Morgan fingerprint density at radius 1 is 1.24 bits per heavy atom. The summed E-state index contributed by atoms with van der Waals surface area (Å²) in [6, 6.07) is 7.06. The molecule has 0 saturated carbocycles. The van der Waals surface area contributed by atoms with Crippen LogP contribution in [0.25, 0.3) is 10.6 Å². The number of piperidine rings is 1. The van der Waals surface area contributed by atoms with Crippen LogP contribution in [0.15, 0.2) is 48.1 Å². The molecule has 0 N–H and O–H groups in total. The molecule has 1 aliphatic heterocycles. The van der Waals surface area contributed by atoms with E-state index in [2.05, 4.69) is 9.97 Å². The van der Waals surface area contributed by atoms with Crippen LogP contribution in [-0.2, 0) is 11.2 Å². The predicted octanol–water partition coefficient (Wildman–Crippen LogP) is 4.10. The van der Waals surface area contributed by atoms with Crippen molar-refractivity contribution in [2.45, 2.75) is 25.4 Å². The molecule has 29 heavy (non-hydrogen) atoms. The zero-order valence-corrected chi connectivity index (χ0v) is 16.4. The van der Waals surface area contributed by atoms with Crippen LogP contribution in [0.4, 0.5) is 8.78 Å². The van der Waals surface area contributed by atoms with Gasteiger partial charge in [-0.25, -0.2) is 13.8 Å². The number of aromatic nitrogens is 2. The average molecular weight is 415 g/mol. The molecular weight excluding hydrogens is 396 g/mol. The van der Waals surface area contributed by atoms with Crippen LogP contribution >= 0.6 is 11.3 Å². The van der Waals surface area contributed by atoms with Gasteiger partial charge in [-0.1, -0.05) is 0 Å². The van der Waals surface area contributed by atoms with Gasteiger partial charge >= 0.3 is 0 Å². The summed E-state index contributed by atoms with van der Waals surface area (Å²) >= 11 is 1.49. The fourth-order valence-electron chi connectivity index (χ4n) is 3.25. The Morgan fingerprint density at radius 3 is 2.79 bits per heavy atom. The highest BCUT2D eigenvalue weighted by Gasteiger charge is 2.25. The van der Waals surface area contributed by atoms with E-state index < -0.39 is 11.6 Å². The van der Waals surface area contributed by atoms with Gasteiger partial charge in [-0.15, -0.1) is 11.3 Å². The first-order chi connectivity index (χ1) is 14.1. The second kappa shape index (κ2) is 8.65. The van der Waals surface area contributed by atoms with Gasteiger partial charge in [0.25, 0.3) is 0 Å². The van der Waals surface area contributed by atoms with Gasteiger partial charge in [0.2, 0.25) is 5.91 Å². The second-order valence-corrected chi connectivity index (χ2v) is 7.69. The van der Waals surface area contributed by atoms with Gasteiger partial charge in [-0.05, 0) is 24.3 Å². The first kappa shape index (κ1) is 19.4. The smallest absolute Gasteiger partial charge is 0.228 e. The molecule has 1 fully saturated rings. The normalized spacial score (nSPS) is 14.8. The van der Waals surface area contributed by atoms with Gasteiger partial charge in [0, 0.05) is 55.3 Å². The van der Waals surface area contributed by atoms with Crippen molar-refractivity contribution >= 4 is 17.2 Å². The lowest BCUT2D eigenvalue weighted by atomic mass is 10.1. The van der Waals surface area contributed by atoms with Gasteiger partial charge < -0.3 is 9.64 Å². The molecular formula is C21H19F2N3O2S. The summed E-state index contributed by atoms with van der Waals surface area (Å²) in [6.45, 7) is 1.07. The number of pyridine rings is 1. The lowest BCUT2D eigenvalue weighted by molar-refractivity contribution is -0.132. The number of nitrogens with zero attached hydrogens (tertiary/aromatic N) is 3. The predicted molar refractivity (Wildman–Crippen MR) is 106 cm³/mol. The minimum Gasteiger partial charge on any atom is -0.487 e. The van der Waals surface area contributed by atoms with Crippen molar-refractivity contribution in [3.05, 3.63) is 65.4 Å². The molecule has 0 atom stereocenters. The van der Waals surface area contributed by atoms with E-state index in [0.29, 0.717) is 25.9 Å². The molecule has 2 aromatic heterocycles. The molecule has 5 nitrogen and oxygen atoms in total. The lowest BCUT2D eigenvalue weighted by Gasteiger charge is -2.32. The zero-order chi connectivity index (χ0) is 20.2. The Hall–Kier alpha value is -2.87. The molecule has 1 saturated heterocycles. The van der Waals surface area contributed by atoms with E-state index in [4.69, 9.17) is 4.74 Å². The van der Waals surface area contributed by atoms with Gasteiger partial charge in [0.15, 0.2) is 11.6 Å². The Kier molecular flexibility index (Phi) is 5.80. The molecule has 0 spiro atoms. The number of benzene rings is 1. The lowest BCUT2D eigenvalue weighted by Crippen LogP contribution is -2.42. The standard InChI is InChI=1S/C21H19F2N3O2S/c22-15-3-4-19(18(23)10-15)28-17-5-8-26(9-6-17)20(27)11-16-13-29-21(25-16)14-2-1-7-24-12-14/h1-4,7,10,12-13,17H,5-6,8-9,11H2. The van der Waals surface area contributed by atoms with Crippen LogP contribution < -0.4 is 4.74 Å². The molecule has 0 bridgehead atoms. The van der Waals surface area contributed by atoms with E-state index in [1.54, 1.807) is 17.3 Å². The monoisotopic (exact) mass is 415 g/mol. The van der Waals surface area contributed by atoms with E-state index in [0.717, 1.165) is 22.3 Å². The van der Waals surface area contributed by atoms with Crippen LogP contribution in [0.5, 0.6) is 5.75 Å². The number of carbonyl (C=O) groups excluding carboxylic acids is 1. The van der Waals surface area contributed by atoms with Crippen molar-refractivity contribution in [2.75, 3.05) is 13.1 Å². The van der Waals surface area contributed by atoms with Crippen LogP contribution in [0.1, 0.15) is 18.5 Å². The van der Waals surface area contributed by atoms with Crippen LogP contribution in [0.2, 0.25) is 0 Å². The van der Waals surface area contributed by atoms with E-state index in [9.17, 15) is 13.6 Å². The average Bonchev–Trinajstić information content (AvgIpc) is 3.20. The Morgan fingerprint density at radius 2 is 2.07 bits per heavy atom. The fraction of sp³-hybridized carbons (Fsp3) is 0.286. The van der Waals surface area contributed by atoms with Crippen molar-refractivity contribution in [1.82, 2.24) is 14.9 Å². The number of halogens is 2. The molecule has 8 heteroatoms. The third-order valence-corrected chi connectivity index (χ3v) is 5.72. The first-order valence-corrected chi connectivity index (χ1v) is 10.2. The maximum atomic E-state index is 13.7. The number of rotatable bonds is 5. The molecule has 0 aliphatic carbocycles. The van der Waals surface area contributed by atoms with Crippen molar-refractivity contribution in [3.8, 4) is 16.3 Å². The van der Waals surface area contributed by atoms with E-state index >= 15 is 0 Å². The van der Waals surface area contributed by atoms with Gasteiger partial charge in [0.05, 0.1) is 12.1 Å². The van der Waals surface area contributed by atoms with Crippen molar-refractivity contribution < 1.29 is 18.3 Å². The van der Waals surface area contributed by atoms with Crippen molar-refractivity contribution in [2.24, 2.45) is 0 Å². The largest absolute Gasteiger partial charge is 0.487 e. The van der Waals surface area contributed by atoms with Crippen molar-refractivity contribution in [1.29, 1.82) is 0 Å². The molecule has 4 rings (SSSR count). The van der Waals surface area contributed by atoms with Gasteiger partial charge in [-0.2, -0.15) is 0 Å². The summed E-state index contributed by atoms with van der Waals surface area (Å²) in [6.07, 6.45) is 4.70. The summed E-state index contributed by atoms with van der Waals surface area (Å²) < 4.78 is 32.4. The van der Waals surface area contributed by atoms with Crippen LogP contribution in [0.3, 0.4) is 0 Å².